The van der Waals surface area contributed by atoms with Crippen molar-refractivity contribution in [2.24, 2.45) is 0 Å². The number of amides is 2. The summed E-state index contributed by atoms with van der Waals surface area (Å²) in [6.45, 7) is 1.40. The average molecular weight is 407 g/mol. The van der Waals surface area contributed by atoms with Crippen LogP contribution in [0.2, 0.25) is 0 Å². The van der Waals surface area contributed by atoms with Crippen LogP contribution in [0, 0.1) is 0 Å². The maximum absolute atomic E-state index is 12.7. The molecule has 1 aromatic carbocycles. The van der Waals surface area contributed by atoms with Crippen LogP contribution in [-0.4, -0.2) is 47.1 Å². The van der Waals surface area contributed by atoms with Crippen LogP contribution in [0.4, 0.5) is 0 Å². The number of pyridine rings is 1. The first kappa shape index (κ1) is 21.3. The number of nitrogens with zero attached hydrogens (tertiary/aromatic N) is 2. The normalized spacial score (nSPS) is 16.7. The van der Waals surface area contributed by atoms with Crippen LogP contribution in [0.5, 0.6) is 5.75 Å². The highest BCUT2D eigenvalue weighted by molar-refractivity contribution is 5.92. The van der Waals surface area contributed by atoms with E-state index in [0.29, 0.717) is 17.9 Å². The summed E-state index contributed by atoms with van der Waals surface area (Å²) in [7, 11) is 1.65. The Labute approximate surface area is 175 Å². The molecule has 156 valence electrons. The van der Waals surface area contributed by atoms with Crippen molar-refractivity contribution in [3.05, 3.63) is 71.6 Å². The lowest BCUT2D eigenvalue weighted by Crippen LogP contribution is -2.38. The number of nitrogens with one attached hydrogen (secondary N) is 1. The minimum Gasteiger partial charge on any atom is -0.497 e. The number of rotatable bonds is 6. The summed E-state index contributed by atoms with van der Waals surface area (Å²) in [4.78, 5) is 30.0. The lowest BCUT2D eigenvalue weighted by atomic mass is 9.90. The van der Waals surface area contributed by atoms with Gasteiger partial charge in [-0.25, -0.2) is 10.5 Å². The van der Waals surface area contributed by atoms with E-state index < -0.39 is 5.91 Å². The van der Waals surface area contributed by atoms with Gasteiger partial charge in [0.15, 0.2) is 0 Å². The Morgan fingerprint density at radius 1 is 1.17 bits per heavy atom. The van der Waals surface area contributed by atoms with E-state index in [1.807, 2.05) is 23.1 Å². The summed E-state index contributed by atoms with van der Waals surface area (Å²) in [6.07, 6.45) is 7.84. The Morgan fingerprint density at radius 2 is 1.90 bits per heavy atom. The molecule has 0 radical (unpaired) electrons. The molecule has 2 heterocycles. The molecule has 1 aliphatic heterocycles. The number of methoxy groups -OCH3 is 1. The molecule has 1 saturated heterocycles. The van der Waals surface area contributed by atoms with Gasteiger partial charge in [-0.2, -0.15) is 0 Å². The fourth-order valence-electron chi connectivity index (χ4n) is 3.46. The lowest BCUT2D eigenvalue weighted by molar-refractivity contribution is -0.127. The molecular weight excluding hydrogens is 382 g/mol. The van der Waals surface area contributed by atoms with Gasteiger partial charge in [0, 0.05) is 31.2 Å². The molecule has 0 bridgehead atoms. The largest absolute Gasteiger partial charge is 0.497 e. The first-order valence-corrected chi connectivity index (χ1v) is 9.79. The van der Waals surface area contributed by atoms with Gasteiger partial charge >= 0.3 is 0 Å². The lowest BCUT2D eigenvalue weighted by Gasteiger charge is -2.32. The fraction of sp³-hybridized carbons (Fsp3) is 0.261. The molecule has 1 aliphatic rings. The zero-order valence-corrected chi connectivity index (χ0v) is 16.8. The van der Waals surface area contributed by atoms with Gasteiger partial charge in [-0.15, -0.1) is 0 Å². The summed E-state index contributed by atoms with van der Waals surface area (Å²) >= 11 is 0. The van der Waals surface area contributed by atoms with Gasteiger partial charge in [-0.05, 0) is 54.8 Å². The molecule has 0 aliphatic carbocycles. The highest BCUT2D eigenvalue weighted by Crippen LogP contribution is 2.29. The molecule has 30 heavy (non-hydrogen) atoms. The zero-order chi connectivity index (χ0) is 21.3. The van der Waals surface area contributed by atoms with Crippen molar-refractivity contribution in [3.8, 4) is 5.75 Å². The van der Waals surface area contributed by atoms with Gasteiger partial charge in [0.05, 0.1) is 18.5 Å². The Bertz CT molecular complexity index is 955. The molecular formula is C23H25N3O4. The Kier molecular flexibility index (Phi) is 7.34. The molecule has 0 saturated carbocycles. The van der Waals surface area contributed by atoms with Gasteiger partial charge in [0.1, 0.15) is 5.75 Å². The minimum atomic E-state index is -0.636. The molecule has 2 amide bonds. The van der Waals surface area contributed by atoms with E-state index in [-0.39, 0.29) is 11.8 Å². The number of benzene rings is 1. The number of likely N-dealkylation sites (tertiary alicyclic amines) is 1. The Morgan fingerprint density at radius 3 is 2.63 bits per heavy atom. The van der Waals surface area contributed by atoms with E-state index in [2.05, 4.69) is 11.1 Å². The molecule has 1 fully saturated rings. The predicted octanol–water partition coefficient (Wildman–Crippen LogP) is 3.03. The maximum Gasteiger partial charge on any atom is 0.267 e. The third-order valence-electron chi connectivity index (χ3n) is 5.00. The Hall–Kier alpha value is -3.45. The topological polar surface area (TPSA) is 91.8 Å². The van der Waals surface area contributed by atoms with Crippen molar-refractivity contribution in [2.75, 3.05) is 20.2 Å². The van der Waals surface area contributed by atoms with Crippen LogP contribution in [-0.2, 0) is 9.59 Å². The first-order chi connectivity index (χ1) is 14.6. The van der Waals surface area contributed by atoms with Crippen LogP contribution in [0.15, 0.2) is 54.6 Å². The number of hydrogen-bond acceptors (Lipinski definition) is 5. The second-order valence-electron chi connectivity index (χ2n) is 7.03. The van der Waals surface area contributed by atoms with Crippen molar-refractivity contribution < 1.29 is 19.5 Å². The molecule has 1 aromatic heterocycles. The van der Waals surface area contributed by atoms with Gasteiger partial charge < -0.3 is 9.64 Å². The number of carbonyl (C=O) groups excluding carboxylic acids is 2. The molecule has 2 aromatic rings. The summed E-state index contributed by atoms with van der Waals surface area (Å²) in [5.41, 5.74) is 3.86. The summed E-state index contributed by atoms with van der Waals surface area (Å²) in [5.74, 6) is 0.427. The van der Waals surface area contributed by atoms with Crippen molar-refractivity contribution in [1.29, 1.82) is 0 Å². The third kappa shape index (κ3) is 5.78. The standard InChI is InChI=1S/C23H25N3O4/c1-30-21-9-2-5-17(15-21)18-6-4-14-26(16-18)23(28)13-11-20-8-3-7-19(24-20)10-12-22(27)25-29/h2-3,5,7-13,15,18,29H,4,6,14,16H2,1H3,(H,25,27). The number of ether oxygens (including phenoxy) is 1. The van der Waals surface area contributed by atoms with Crippen LogP contribution in [0.3, 0.4) is 0 Å². The highest BCUT2D eigenvalue weighted by Gasteiger charge is 2.23. The summed E-state index contributed by atoms with van der Waals surface area (Å²) < 4.78 is 5.32. The number of aromatic nitrogens is 1. The summed E-state index contributed by atoms with van der Waals surface area (Å²) in [5, 5.41) is 8.52. The summed E-state index contributed by atoms with van der Waals surface area (Å²) in [6, 6.07) is 13.3. The van der Waals surface area contributed by atoms with Crippen LogP contribution in [0.25, 0.3) is 12.2 Å². The van der Waals surface area contributed by atoms with E-state index in [4.69, 9.17) is 9.94 Å². The molecule has 1 unspecified atom stereocenters. The van der Waals surface area contributed by atoms with Crippen molar-refractivity contribution in [2.45, 2.75) is 18.8 Å². The molecule has 0 spiro atoms. The minimum absolute atomic E-state index is 0.0509. The zero-order valence-electron chi connectivity index (χ0n) is 16.8. The second kappa shape index (κ2) is 10.4. The van der Waals surface area contributed by atoms with Crippen LogP contribution < -0.4 is 10.2 Å². The first-order valence-electron chi connectivity index (χ1n) is 9.79. The van der Waals surface area contributed by atoms with Crippen molar-refractivity contribution in [1.82, 2.24) is 15.4 Å². The highest BCUT2D eigenvalue weighted by atomic mass is 16.5. The van der Waals surface area contributed by atoms with Gasteiger partial charge in [-0.3, -0.25) is 14.8 Å². The Balaban J connectivity index is 1.64. The third-order valence-corrected chi connectivity index (χ3v) is 5.00. The SMILES string of the molecule is COc1cccc(C2CCCN(C(=O)C=Cc3cccc(C=CC(=O)NO)n3)C2)c1. The molecule has 2 N–H and O–H groups in total. The van der Waals surface area contributed by atoms with Gasteiger partial charge in [0.25, 0.3) is 5.91 Å². The fourth-order valence-corrected chi connectivity index (χ4v) is 3.46. The van der Waals surface area contributed by atoms with Crippen LogP contribution in [0.1, 0.15) is 35.7 Å². The average Bonchev–Trinajstić information content (AvgIpc) is 2.81. The van der Waals surface area contributed by atoms with Crippen molar-refractivity contribution >= 4 is 24.0 Å². The van der Waals surface area contributed by atoms with E-state index in [1.165, 1.54) is 29.3 Å². The van der Waals surface area contributed by atoms with Gasteiger partial charge in [-0.1, -0.05) is 18.2 Å². The molecule has 7 heteroatoms. The van der Waals surface area contributed by atoms with Crippen molar-refractivity contribution in [3.63, 3.8) is 0 Å². The number of carbonyl (C=O) groups is 2. The second-order valence-corrected chi connectivity index (χ2v) is 7.03. The van der Waals surface area contributed by atoms with E-state index in [1.54, 1.807) is 31.4 Å². The maximum atomic E-state index is 12.7. The quantitative estimate of drug-likeness (QED) is 0.436. The number of hydroxylamine groups is 1. The van der Waals surface area contributed by atoms with Crippen LogP contribution >= 0.6 is 0 Å². The van der Waals surface area contributed by atoms with Gasteiger partial charge in [0.2, 0.25) is 5.91 Å². The predicted molar refractivity (Wildman–Crippen MR) is 114 cm³/mol. The molecule has 3 rings (SSSR count). The smallest absolute Gasteiger partial charge is 0.267 e. The monoisotopic (exact) mass is 407 g/mol. The molecule has 1 atom stereocenters. The van der Waals surface area contributed by atoms with E-state index >= 15 is 0 Å². The number of piperidine rings is 1. The van der Waals surface area contributed by atoms with E-state index in [9.17, 15) is 9.59 Å². The molecule has 7 nitrogen and oxygen atoms in total. The number of hydrogen-bond donors (Lipinski definition) is 2. The van der Waals surface area contributed by atoms with E-state index in [0.717, 1.165) is 25.1 Å².